The summed E-state index contributed by atoms with van der Waals surface area (Å²) in [6.45, 7) is 5.07. The first-order valence-corrected chi connectivity index (χ1v) is 9.78. The monoisotopic (exact) mass is 392 g/mol. The normalized spacial score (nSPS) is 20.9. The Morgan fingerprint density at radius 3 is 2.72 bits per heavy atom. The van der Waals surface area contributed by atoms with Crippen LogP contribution in [-0.2, 0) is 9.63 Å². The summed E-state index contributed by atoms with van der Waals surface area (Å²) in [5.41, 5.74) is 3.14. The molecule has 1 spiro atoms. The molecular weight excluding hydrogens is 368 g/mol. The van der Waals surface area contributed by atoms with Crippen molar-refractivity contribution in [2.24, 2.45) is 5.16 Å². The lowest BCUT2D eigenvalue weighted by Gasteiger charge is -2.38. The summed E-state index contributed by atoms with van der Waals surface area (Å²) in [7, 11) is 0. The Kier molecular flexibility index (Phi) is 5.05. The second kappa shape index (κ2) is 7.66. The zero-order valence-corrected chi connectivity index (χ0v) is 16.6. The minimum Gasteiger partial charge on any atom is -0.386 e. The van der Waals surface area contributed by atoms with E-state index in [-0.39, 0.29) is 11.8 Å². The predicted octanol–water partition coefficient (Wildman–Crippen LogP) is 3.09. The smallest absolute Gasteiger partial charge is 0.273 e. The van der Waals surface area contributed by atoms with Gasteiger partial charge in [0.05, 0.1) is 18.4 Å². The molecule has 2 amide bonds. The first kappa shape index (κ1) is 19.1. The van der Waals surface area contributed by atoms with Crippen molar-refractivity contribution in [3.63, 3.8) is 0 Å². The van der Waals surface area contributed by atoms with Crippen molar-refractivity contribution >= 4 is 23.2 Å². The number of aryl methyl sites for hydroxylation is 2. The van der Waals surface area contributed by atoms with Crippen molar-refractivity contribution < 1.29 is 14.4 Å². The first-order chi connectivity index (χ1) is 13.9. The highest BCUT2D eigenvalue weighted by atomic mass is 16.7. The summed E-state index contributed by atoms with van der Waals surface area (Å²) >= 11 is 0. The van der Waals surface area contributed by atoms with Crippen molar-refractivity contribution in [2.75, 3.05) is 18.4 Å². The fourth-order valence-corrected chi connectivity index (χ4v) is 4.05. The molecule has 1 N–H and O–H groups in total. The number of nitrogens with zero attached hydrogens (tertiary/aromatic N) is 3. The van der Waals surface area contributed by atoms with Gasteiger partial charge in [0.2, 0.25) is 0 Å². The molecule has 0 saturated carbocycles. The third kappa shape index (κ3) is 4.13. The number of nitrogens with one attached hydrogen (secondary N) is 1. The minimum absolute atomic E-state index is 0.00673. The molecule has 0 bridgehead atoms. The van der Waals surface area contributed by atoms with Gasteiger partial charge in [-0.15, -0.1) is 0 Å². The van der Waals surface area contributed by atoms with Gasteiger partial charge in [-0.05, 0) is 51.0 Å². The number of piperidine rings is 1. The SMILES string of the molecule is Cc1cc(C)cc(C(=O)N2CCCC3(CC(C(=O)Nc4cccnc4)=NO3)C2)c1. The van der Waals surface area contributed by atoms with Crippen LogP contribution in [-0.4, -0.2) is 46.1 Å². The van der Waals surface area contributed by atoms with Crippen molar-refractivity contribution in [1.82, 2.24) is 9.88 Å². The maximum absolute atomic E-state index is 13.0. The molecular formula is C22H24N4O3. The molecule has 150 valence electrons. The maximum atomic E-state index is 13.0. The number of rotatable bonds is 3. The highest BCUT2D eigenvalue weighted by molar-refractivity contribution is 6.43. The molecule has 4 rings (SSSR count). The van der Waals surface area contributed by atoms with Crippen LogP contribution in [0.15, 0.2) is 47.9 Å². The van der Waals surface area contributed by atoms with Crippen LogP contribution in [0, 0.1) is 13.8 Å². The van der Waals surface area contributed by atoms with Gasteiger partial charge in [-0.25, -0.2) is 0 Å². The fourth-order valence-electron chi connectivity index (χ4n) is 4.05. The minimum atomic E-state index is -0.631. The van der Waals surface area contributed by atoms with Crippen molar-refractivity contribution in [1.29, 1.82) is 0 Å². The zero-order valence-electron chi connectivity index (χ0n) is 16.6. The van der Waals surface area contributed by atoms with Crippen LogP contribution < -0.4 is 5.32 Å². The molecule has 2 aliphatic rings. The Morgan fingerprint density at radius 1 is 1.21 bits per heavy atom. The molecule has 2 aliphatic heterocycles. The van der Waals surface area contributed by atoms with E-state index < -0.39 is 5.60 Å². The largest absolute Gasteiger partial charge is 0.386 e. The van der Waals surface area contributed by atoms with Gasteiger partial charge in [-0.3, -0.25) is 14.6 Å². The van der Waals surface area contributed by atoms with Crippen LogP contribution in [0.4, 0.5) is 5.69 Å². The topological polar surface area (TPSA) is 83.9 Å². The molecule has 3 heterocycles. The molecule has 7 heteroatoms. The molecule has 1 aromatic carbocycles. The number of carbonyl (C=O) groups is 2. The van der Waals surface area contributed by atoms with E-state index in [2.05, 4.69) is 21.5 Å². The molecule has 2 aromatic rings. The van der Waals surface area contributed by atoms with Gasteiger partial charge in [0.15, 0.2) is 5.60 Å². The van der Waals surface area contributed by atoms with Crippen molar-refractivity contribution in [3.05, 3.63) is 59.4 Å². The summed E-state index contributed by atoms with van der Waals surface area (Å²) in [4.78, 5) is 37.1. The highest BCUT2D eigenvalue weighted by Crippen LogP contribution is 2.34. The number of pyridine rings is 1. The van der Waals surface area contributed by atoms with E-state index in [0.717, 1.165) is 24.0 Å². The number of oxime groups is 1. The number of carbonyl (C=O) groups excluding carboxylic acids is 2. The van der Waals surface area contributed by atoms with Crippen LogP contribution >= 0.6 is 0 Å². The quantitative estimate of drug-likeness (QED) is 0.870. The average molecular weight is 392 g/mol. The van der Waals surface area contributed by atoms with E-state index >= 15 is 0 Å². The van der Waals surface area contributed by atoms with Crippen LogP contribution in [0.1, 0.15) is 40.7 Å². The Labute approximate surface area is 169 Å². The fraction of sp³-hybridized carbons (Fsp3) is 0.364. The molecule has 0 aliphatic carbocycles. The Hall–Kier alpha value is -3.22. The third-order valence-corrected chi connectivity index (χ3v) is 5.32. The summed E-state index contributed by atoms with van der Waals surface area (Å²) in [5.74, 6) is -0.305. The van der Waals surface area contributed by atoms with Gasteiger partial charge in [-0.1, -0.05) is 22.3 Å². The Balaban J connectivity index is 1.43. The number of likely N-dealkylation sites (tertiary alicyclic amines) is 1. The third-order valence-electron chi connectivity index (χ3n) is 5.32. The second-order valence-electron chi connectivity index (χ2n) is 7.89. The number of amides is 2. The molecule has 1 atom stereocenters. The Morgan fingerprint density at radius 2 is 2.00 bits per heavy atom. The van der Waals surface area contributed by atoms with Gasteiger partial charge >= 0.3 is 0 Å². The number of hydrogen-bond donors (Lipinski definition) is 1. The van der Waals surface area contributed by atoms with E-state index in [1.807, 2.05) is 30.9 Å². The lowest BCUT2D eigenvalue weighted by molar-refractivity contribution is -0.110. The van der Waals surface area contributed by atoms with Crippen LogP contribution in [0.2, 0.25) is 0 Å². The zero-order chi connectivity index (χ0) is 20.4. The summed E-state index contributed by atoms with van der Waals surface area (Å²) in [6, 6.07) is 9.39. The van der Waals surface area contributed by atoms with E-state index in [4.69, 9.17) is 4.84 Å². The van der Waals surface area contributed by atoms with Crippen LogP contribution in [0.25, 0.3) is 0 Å². The van der Waals surface area contributed by atoms with E-state index in [0.29, 0.717) is 36.5 Å². The van der Waals surface area contributed by atoms with Gasteiger partial charge in [-0.2, -0.15) is 0 Å². The van der Waals surface area contributed by atoms with E-state index in [9.17, 15) is 9.59 Å². The van der Waals surface area contributed by atoms with Gasteiger partial charge < -0.3 is 15.1 Å². The molecule has 1 aromatic heterocycles. The van der Waals surface area contributed by atoms with Crippen LogP contribution in [0.3, 0.4) is 0 Å². The number of aromatic nitrogens is 1. The average Bonchev–Trinajstić information content (AvgIpc) is 3.11. The lowest BCUT2D eigenvalue weighted by Crippen LogP contribution is -2.50. The summed E-state index contributed by atoms with van der Waals surface area (Å²) in [6.07, 6.45) is 5.18. The van der Waals surface area contributed by atoms with Gasteiger partial charge in [0, 0.05) is 24.7 Å². The number of benzene rings is 1. The molecule has 0 radical (unpaired) electrons. The second-order valence-corrected chi connectivity index (χ2v) is 7.89. The molecule has 1 saturated heterocycles. The number of anilines is 1. The highest BCUT2D eigenvalue weighted by Gasteiger charge is 2.45. The lowest BCUT2D eigenvalue weighted by atomic mass is 9.87. The predicted molar refractivity (Wildman–Crippen MR) is 110 cm³/mol. The first-order valence-electron chi connectivity index (χ1n) is 9.78. The molecule has 7 nitrogen and oxygen atoms in total. The van der Waals surface area contributed by atoms with Gasteiger partial charge in [0.1, 0.15) is 5.71 Å². The summed E-state index contributed by atoms with van der Waals surface area (Å²) < 4.78 is 0. The standard InChI is InChI=1S/C22H24N4O3/c1-15-9-16(2)11-17(10-15)21(28)26-8-4-6-22(14-26)12-19(25-29-22)20(27)24-18-5-3-7-23-13-18/h3,5,7,9-11,13H,4,6,8,12,14H2,1-2H3,(H,24,27). The van der Waals surface area contributed by atoms with E-state index in [1.165, 1.54) is 0 Å². The van der Waals surface area contributed by atoms with Crippen LogP contribution in [0.5, 0.6) is 0 Å². The van der Waals surface area contributed by atoms with Gasteiger partial charge in [0.25, 0.3) is 11.8 Å². The maximum Gasteiger partial charge on any atom is 0.273 e. The summed E-state index contributed by atoms with van der Waals surface area (Å²) in [5, 5.41) is 6.84. The van der Waals surface area contributed by atoms with E-state index in [1.54, 1.807) is 24.5 Å². The molecule has 1 fully saturated rings. The van der Waals surface area contributed by atoms with Crippen molar-refractivity contribution in [2.45, 2.75) is 38.7 Å². The number of hydrogen-bond acceptors (Lipinski definition) is 5. The Bertz CT molecular complexity index is 953. The van der Waals surface area contributed by atoms with Crippen molar-refractivity contribution in [3.8, 4) is 0 Å². The molecule has 1 unspecified atom stereocenters. The molecule has 29 heavy (non-hydrogen) atoms.